The molecule has 6 nitrogen and oxygen atoms in total. The highest BCUT2D eigenvalue weighted by atomic mass is 16.6. The summed E-state index contributed by atoms with van der Waals surface area (Å²) in [6.07, 6.45) is 64.2. The van der Waals surface area contributed by atoms with E-state index in [4.69, 9.17) is 14.2 Å². The van der Waals surface area contributed by atoms with Gasteiger partial charge in [-0.3, -0.25) is 14.4 Å². The van der Waals surface area contributed by atoms with E-state index in [9.17, 15) is 14.4 Å². The fraction of sp³-hybridized carbons (Fsp3) is 0.847. The molecule has 0 unspecified atom stereocenters. The number of unbranched alkanes of at least 4 members (excludes halogenated alkanes) is 35. The average molecular weight is 914 g/mol. The minimum atomic E-state index is -0.774. The minimum Gasteiger partial charge on any atom is -0.462 e. The second-order valence-corrected chi connectivity index (χ2v) is 19.2. The average Bonchev–Trinajstić information content (AvgIpc) is 3.30. The molecule has 0 rings (SSSR count). The number of carbonyl (C=O) groups is 3. The van der Waals surface area contributed by atoms with Crippen molar-refractivity contribution in [2.75, 3.05) is 13.2 Å². The van der Waals surface area contributed by atoms with Crippen LogP contribution in [0.25, 0.3) is 0 Å². The lowest BCUT2D eigenvalue weighted by atomic mass is 10.0. The molecule has 1 atom stereocenters. The van der Waals surface area contributed by atoms with Gasteiger partial charge in [0.25, 0.3) is 0 Å². The summed E-state index contributed by atoms with van der Waals surface area (Å²) in [4.78, 5) is 38.1. The highest BCUT2D eigenvalue weighted by molar-refractivity contribution is 5.71. The van der Waals surface area contributed by atoms with E-state index in [1.807, 2.05) is 0 Å². The van der Waals surface area contributed by atoms with Crippen molar-refractivity contribution in [2.24, 2.45) is 0 Å². The van der Waals surface area contributed by atoms with Gasteiger partial charge in [-0.25, -0.2) is 0 Å². The molecule has 380 valence electrons. The molecule has 0 saturated heterocycles. The van der Waals surface area contributed by atoms with E-state index in [-0.39, 0.29) is 31.1 Å². The number of esters is 3. The van der Waals surface area contributed by atoms with Crippen LogP contribution in [0.2, 0.25) is 0 Å². The van der Waals surface area contributed by atoms with E-state index in [1.54, 1.807) is 0 Å². The summed E-state index contributed by atoms with van der Waals surface area (Å²) in [5.41, 5.74) is 0. The van der Waals surface area contributed by atoms with Crippen LogP contribution in [-0.4, -0.2) is 37.2 Å². The molecule has 0 saturated carbocycles. The van der Waals surface area contributed by atoms with Crippen molar-refractivity contribution in [2.45, 2.75) is 309 Å². The second-order valence-electron chi connectivity index (χ2n) is 19.2. The van der Waals surface area contributed by atoms with E-state index < -0.39 is 6.10 Å². The lowest BCUT2D eigenvalue weighted by molar-refractivity contribution is -0.167. The van der Waals surface area contributed by atoms with E-state index in [0.29, 0.717) is 19.3 Å². The van der Waals surface area contributed by atoms with Crippen molar-refractivity contribution < 1.29 is 28.6 Å². The molecule has 65 heavy (non-hydrogen) atoms. The Labute approximate surface area is 404 Å². The zero-order valence-corrected chi connectivity index (χ0v) is 43.5. The summed E-state index contributed by atoms with van der Waals surface area (Å²) < 4.78 is 16.9. The molecule has 0 aromatic heterocycles. The topological polar surface area (TPSA) is 78.9 Å². The Balaban J connectivity index is 4.35. The van der Waals surface area contributed by atoms with Gasteiger partial charge < -0.3 is 14.2 Å². The van der Waals surface area contributed by atoms with Crippen molar-refractivity contribution >= 4 is 17.9 Å². The molecule has 0 N–H and O–H groups in total. The highest BCUT2D eigenvalue weighted by Crippen LogP contribution is 2.17. The monoisotopic (exact) mass is 913 g/mol. The van der Waals surface area contributed by atoms with Crippen LogP contribution < -0.4 is 0 Å². The Morgan fingerprint density at radius 3 is 0.938 bits per heavy atom. The Morgan fingerprint density at radius 2 is 0.600 bits per heavy atom. The second kappa shape index (κ2) is 54.2. The zero-order valence-electron chi connectivity index (χ0n) is 43.5. The quantitative estimate of drug-likeness (QED) is 0.0262. The van der Waals surface area contributed by atoms with Gasteiger partial charge in [-0.1, -0.05) is 269 Å². The fourth-order valence-corrected chi connectivity index (χ4v) is 8.40. The molecule has 0 aromatic carbocycles. The predicted molar refractivity (Wildman–Crippen MR) is 279 cm³/mol. The first-order valence-electron chi connectivity index (χ1n) is 28.5. The number of carbonyl (C=O) groups excluding carboxylic acids is 3. The Hall–Kier alpha value is -2.37. The molecule has 0 fully saturated rings. The van der Waals surface area contributed by atoms with Crippen LogP contribution in [0.5, 0.6) is 0 Å². The highest BCUT2D eigenvalue weighted by Gasteiger charge is 2.19. The SMILES string of the molecule is CC/C=C\C/C=C\C/C=C\CCCCCCCC(=O)OC[C@H](COC(=O)CCCCCCCCCCCCCCCCC)OC(=O)CCCCCCCCCCCCCCCCCCC. The predicted octanol–water partition coefficient (Wildman–Crippen LogP) is 18.9. The maximum absolute atomic E-state index is 12.8. The van der Waals surface area contributed by atoms with Crippen LogP contribution in [0.3, 0.4) is 0 Å². The summed E-state index contributed by atoms with van der Waals surface area (Å²) >= 11 is 0. The standard InChI is InChI=1S/C59H108O6/c1-4-7-10-13-16-19-22-25-28-29-32-35-38-41-44-47-50-53-59(62)65-56(54-63-57(60)51-48-45-42-39-36-33-30-26-23-20-17-14-11-8-5-2)55-64-58(61)52-49-46-43-40-37-34-31-27-24-21-18-15-12-9-6-3/h8,11,17,20,26,30,56H,4-7,9-10,12-16,18-19,21-25,27-29,31-55H2,1-3H3/b11-8-,20-17-,30-26-/t56-/m1/s1. The van der Waals surface area contributed by atoms with Gasteiger partial charge >= 0.3 is 17.9 Å². The Bertz CT molecular complexity index is 1090. The molecule has 0 aliphatic carbocycles. The Kier molecular flexibility index (Phi) is 52.3. The summed E-state index contributed by atoms with van der Waals surface area (Å²) in [6.45, 7) is 6.56. The van der Waals surface area contributed by atoms with E-state index >= 15 is 0 Å². The number of ether oxygens (including phenoxy) is 3. The van der Waals surface area contributed by atoms with Gasteiger partial charge in [0.2, 0.25) is 0 Å². The third-order valence-corrected chi connectivity index (χ3v) is 12.7. The molecule has 0 bridgehead atoms. The van der Waals surface area contributed by atoms with Crippen molar-refractivity contribution in [1.29, 1.82) is 0 Å². The van der Waals surface area contributed by atoms with E-state index in [0.717, 1.165) is 96.3 Å². The molecule has 0 aliphatic heterocycles. The molecule has 0 aliphatic rings. The van der Waals surface area contributed by atoms with Gasteiger partial charge in [0.15, 0.2) is 6.10 Å². The van der Waals surface area contributed by atoms with Gasteiger partial charge in [-0.05, 0) is 51.4 Å². The number of hydrogen-bond acceptors (Lipinski definition) is 6. The van der Waals surface area contributed by atoms with E-state index in [2.05, 4.69) is 57.2 Å². The smallest absolute Gasteiger partial charge is 0.306 e. The lowest BCUT2D eigenvalue weighted by Crippen LogP contribution is -2.30. The number of hydrogen-bond donors (Lipinski definition) is 0. The fourth-order valence-electron chi connectivity index (χ4n) is 8.40. The molecule has 0 radical (unpaired) electrons. The van der Waals surface area contributed by atoms with Gasteiger partial charge in [0.1, 0.15) is 13.2 Å². The third-order valence-electron chi connectivity index (χ3n) is 12.7. The molecule has 0 aromatic rings. The van der Waals surface area contributed by atoms with Crippen LogP contribution in [-0.2, 0) is 28.6 Å². The normalized spacial score (nSPS) is 12.2. The van der Waals surface area contributed by atoms with E-state index in [1.165, 1.54) is 167 Å². The van der Waals surface area contributed by atoms with Crippen LogP contribution in [0.15, 0.2) is 36.5 Å². The number of allylic oxidation sites excluding steroid dienone is 6. The summed E-state index contributed by atoms with van der Waals surface area (Å²) in [6, 6.07) is 0. The molecule has 6 heteroatoms. The summed E-state index contributed by atoms with van der Waals surface area (Å²) in [7, 11) is 0. The first kappa shape index (κ1) is 62.6. The van der Waals surface area contributed by atoms with Crippen molar-refractivity contribution in [3.63, 3.8) is 0 Å². The van der Waals surface area contributed by atoms with Gasteiger partial charge in [0.05, 0.1) is 0 Å². The van der Waals surface area contributed by atoms with Crippen molar-refractivity contribution in [3.05, 3.63) is 36.5 Å². The van der Waals surface area contributed by atoms with Crippen molar-refractivity contribution in [1.82, 2.24) is 0 Å². The molecular formula is C59H108O6. The van der Waals surface area contributed by atoms with Gasteiger partial charge in [0, 0.05) is 19.3 Å². The third kappa shape index (κ3) is 52.5. The van der Waals surface area contributed by atoms with Gasteiger partial charge in [-0.2, -0.15) is 0 Å². The summed E-state index contributed by atoms with van der Waals surface area (Å²) in [5, 5.41) is 0. The molecule has 0 heterocycles. The number of rotatable bonds is 52. The maximum atomic E-state index is 12.8. The summed E-state index contributed by atoms with van der Waals surface area (Å²) in [5.74, 6) is -0.871. The van der Waals surface area contributed by atoms with Crippen LogP contribution in [0.4, 0.5) is 0 Å². The van der Waals surface area contributed by atoms with Crippen LogP contribution >= 0.6 is 0 Å². The first-order valence-corrected chi connectivity index (χ1v) is 28.5. The van der Waals surface area contributed by atoms with Gasteiger partial charge in [-0.15, -0.1) is 0 Å². The maximum Gasteiger partial charge on any atom is 0.306 e. The molecule has 0 amide bonds. The first-order chi connectivity index (χ1) is 32.0. The molecule has 0 spiro atoms. The largest absolute Gasteiger partial charge is 0.462 e. The van der Waals surface area contributed by atoms with Crippen molar-refractivity contribution in [3.8, 4) is 0 Å². The minimum absolute atomic E-state index is 0.0727. The zero-order chi connectivity index (χ0) is 47.2. The van der Waals surface area contributed by atoms with Crippen LogP contribution in [0, 0.1) is 0 Å². The Morgan fingerprint density at radius 1 is 0.323 bits per heavy atom. The van der Waals surface area contributed by atoms with Crippen LogP contribution in [0.1, 0.15) is 303 Å². The lowest BCUT2D eigenvalue weighted by Gasteiger charge is -2.18. The molecular weight excluding hydrogens is 805 g/mol.